The number of thioether (sulfide) groups is 1. The summed E-state index contributed by atoms with van der Waals surface area (Å²) in [5.74, 6) is 1.21. The Morgan fingerprint density at radius 1 is 1.19 bits per heavy atom. The van der Waals surface area contributed by atoms with Crippen LogP contribution in [0.4, 0.5) is 4.39 Å². The Morgan fingerprint density at radius 3 is 2.78 bits per heavy atom. The molecule has 7 heteroatoms. The Bertz CT molecular complexity index is 910. The van der Waals surface area contributed by atoms with Gasteiger partial charge in [-0.3, -0.25) is 4.57 Å². The molecule has 140 valence electrons. The molecule has 0 bridgehead atoms. The van der Waals surface area contributed by atoms with Crippen molar-refractivity contribution < 1.29 is 9.13 Å². The Balaban J connectivity index is 1.60. The van der Waals surface area contributed by atoms with Gasteiger partial charge in [-0.25, -0.2) is 4.39 Å². The molecule has 1 fully saturated rings. The zero-order valence-corrected chi connectivity index (χ0v) is 16.2. The number of benzene rings is 2. The van der Waals surface area contributed by atoms with E-state index in [2.05, 4.69) is 14.8 Å². The third kappa shape index (κ3) is 4.51. The molecule has 0 aliphatic carbocycles. The van der Waals surface area contributed by atoms with Crippen LogP contribution in [0.15, 0.2) is 53.7 Å². The maximum atomic E-state index is 13.3. The van der Waals surface area contributed by atoms with Gasteiger partial charge in [-0.2, -0.15) is 0 Å². The summed E-state index contributed by atoms with van der Waals surface area (Å²) in [4.78, 5) is 0. The van der Waals surface area contributed by atoms with Crippen molar-refractivity contribution in [1.82, 2.24) is 14.8 Å². The van der Waals surface area contributed by atoms with E-state index >= 15 is 0 Å². The second-order valence-electron chi connectivity index (χ2n) is 6.48. The predicted octanol–water partition coefficient (Wildman–Crippen LogP) is 5.21. The van der Waals surface area contributed by atoms with E-state index in [-0.39, 0.29) is 11.9 Å². The van der Waals surface area contributed by atoms with Crippen LogP contribution in [0, 0.1) is 5.82 Å². The van der Waals surface area contributed by atoms with Gasteiger partial charge in [0.1, 0.15) is 5.82 Å². The molecule has 27 heavy (non-hydrogen) atoms. The van der Waals surface area contributed by atoms with Gasteiger partial charge in [0.25, 0.3) is 0 Å². The van der Waals surface area contributed by atoms with Gasteiger partial charge in [-0.15, -0.1) is 10.2 Å². The lowest BCUT2D eigenvalue weighted by Crippen LogP contribution is -2.16. The number of ether oxygens (including phenoxy) is 1. The van der Waals surface area contributed by atoms with Crippen LogP contribution >= 0.6 is 23.4 Å². The Labute approximate surface area is 166 Å². The summed E-state index contributed by atoms with van der Waals surface area (Å²) in [5, 5.41) is 10.3. The molecule has 0 radical (unpaired) electrons. The van der Waals surface area contributed by atoms with Crippen molar-refractivity contribution in [3.8, 4) is 11.4 Å². The molecule has 0 unspecified atom stereocenters. The second-order valence-corrected chi connectivity index (χ2v) is 7.86. The first-order chi connectivity index (χ1) is 13.2. The molecule has 4 rings (SSSR count). The first-order valence-electron chi connectivity index (χ1n) is 8.87. The van der Waals surface area contributed by atoms with Crippen LogP contribution in [-0.2, 0) is 17.0 Å². The predicted molar refractivity (Wildman–Crippen MR) is 105 cm³/mol. The van der Waals surface area contributed by atoms with Crippen LogP contribution in [-0.4, -0.2) is 27.5 Å². The zero-order valence-electron chi connectivity index (χ0n) is 14.6. The number of hydrogen-bond acceptors (Lipinski definition) is 4. The van der Waals surface area contributed by atoms with Crippen LogP contribution in [0.3, 0.4) is 0 Å². The zero-order chi connectivity index (χ0) is 18.6. The number of aromatic nitrogens is 3. The van der Waals surface area contributed by atoms with Gasteiger partial charge in [-0.1, -0.05) is 35.5 Å². The monoisotopic (exact) mass is 403 g/mol. The molecule has 1 aliphatic rings. The van der Waals surface area contributed by atoms with Gasteiger partial charge in [-0.05, 0) is 54.8 Å². The molecule has 1 aliphatic heterocycles. The largest absolute Gasteiger partial charge is 0.376 e. The summed E-state index contributed by atoms with van der Waals surface area (Å²) in [6, 6.07) is 14.2. The molecule has 0 N–H and O–H groups in total. The highest BCUT2D eigenvalue weighted by atomic mass is 35.5. The van der Waals surface area contributed by atoms with E-state index < -0.39 is 0 Å². The number of hydrogen-bond donors (Lipinski definition) is 0. The highest BCUT2D eigenvalue weighted by Crippen LogP contribution is 2.29. The van der Waals surface area contributed by atoms with Crippen molar-refractivity contribution in [3.63, 3.8) is 0 Å². The van der Waals surface area contributed by atoms with Crippen molar-refractivity contribution in [2.24, 2.45) is 0 Å². The molecule has 0 spiro atoms. The Morgan fingerprint density at radius 2 is 2.04 bits per heavy atom. The second kappa shape index (κ2) is 8.42. The molecule has 2 heterocycles. The van der Waals surface area contributed by atoms with Gasteiger partial charge in [0.15, 0.2) is 11.0 Å². The molecule has 1 saturated heterocycles. The SMILES string of the molecule is Fc1ccc(-c2nnc(SCc3cccc(Cl)c3)n2C[C@H]2CCCO2)cc1. The van der Waals surface area contributed by atoms with Gasteiger partial charge < -0.3 is 4.74 Å². The first-order valence-corrected chi connectivity index (χ1v) is 10.2. The van der Waals surface area contributed by atoms with Crippen LogP contribution < -0.4 is 0 Å². The fourth-order valence-corrected chi connectivity index (χ4v) is 4.24. The van der Waals surface area contributed by atoms with E-state index in [1.807, 2.05) is 24.3 Å². The Kier molecular flexibility index (Phi) is 5.76. The maximum absolute atomic E-state index is 13.3. The number of rotatable bonds is 6. The minimum absolute atomic E-state index is 0.158. The van der Waals surface area contributed by atoms with Crippen molar-refractivity contribution in [1.29, 1.82) is 0 Å². The molecular formula is C20H19ClFN3OS. The van der Waals surface area contributed by atoms with Gasteiger partial charge in [0.05, 0.1) is 12.6 Å². The van der Waals surface area contributed by atoms with Crippen molar-refractivity contribution in [3.05, 3.63) is 64.9 Å². The first kappa shape index (κ1) is 18.5. The minimum Gasteiger partial charge on any atom is -0.376 e. The third-order valence-corrected chi connectivity index (χ3v) is 5.76. The molecule has 3 aromatic rings. The van der Waals surface area contributed by atoms with Crippen LogP contribution in [0.5, 0.6) is 0 Å². The van der Waals surface area contributed by atoms with Crippen LogP contribution in [0.1, 0.15) is 18.4 Å². The van der Waals surface area contributed by atoms with Crippen LogP contribution in [0.25, 0.3) is 11.4 Å². The lowest BCUT2D eigenvalue weighted by Gasteiger charge is -2.14. The van der Waals surface area contributed by atoms with E-state index in [0.717, 1.165) is 52.3 Å². The molecule has 0 saturated carbocycles. The molecule has 4 nitrogen and oxygen atoms in total. The van der Waals surface area contributed by atoms with Gasteiger partial charge in [0.2, 0.25) is 0 Å². The molecular weight excluding hydrogens is 385 g/mol. The van der Waals surface area contributed by atoms with Gasteiger partial charge >= 0.3 is 0 Å². The van der Waals surface area contributed by atoms with Gasteiger partial charge in [0, 0.05) is 22.9 Å². The standard InChI is InChI=1S/C20H19ClFN3OS/c21-16-4-1-3-14(11-16)13-27-20-24-23-19(15-6-8-17(22)9-7-15)25(20)12-18-5-2-10-26-18/h1,3-4,6-9,11,18H,2,5,10,12-13H2/t18-/m1/s1. The average molecular weight is 404 g/mol. The lowest BCUT2D eigenvalue weighted by atomic mass is 10.2. The highest BCUT2D eigenvalue weighted by molar-refractivity contribution is 7.98. The van der Waals surface area contributed by atoms with Crippen LogP contribution in [0.2, 0.25) is 5.02 Å². The number of halogens is 2. The van der Waals surface area contributed by atoms with Crippen molar-refractivity contribution in [2.45, 2.75) is 36.4 Å². The normalized spacial score (nSPS) is 16.7. The topological polar surface area (TPSA) is 39.9 Å². The number of nitrogens with zero attached hydrogens (tertiary/aromatic N) is 3. The highest BCUT2D eigenvalue weighted by Gasteiger charge is 2.21. The molecule has 0 amide bonds. The summed E-state index contributed by atoms with van der Waals surface area (Å²) in [5.41, 5.74) is 1.97. The summed E-state index contributed by atoms with van der Waals surface area (Å²) >= 11 is 7.69. The average Bonchev–Trinajstić information content (AvgIpc) is 3.31. The fourth-order valence-electron chi connectivity index (χ4n) is 3.14. The lowest BCUT2D eigenvalue weighted by molar-refractivity contribution is 0.0953. The van der Waals surface area contributed by atoms with Crippen molar-refractivity contribution in [2.75, 3.05) is 6.61 Å². The molecule has 1 atom stereocenters. The van der Waals surface area contributed by atoms with Crippen molar-refractivity contribution >= 4 is 23.4 Å². The van der Waals surface area contributed by atoms with E-state index in [0.29, 0.717) is 6.54 Å². The summed E-state index contributed by atoms with van der Waals surface area (Å²) < 4.78 is 21.2. The quantitative estimate of drug-likeness (QED) is 0.530. The van der Waals surface area contributed by atoms with E-state index in [9.17, 15) is 4.39 Å². The fraction of sp³-hybridized carbons (Fsp3) is 0.300. The smallest absolute Gasteiger partial charge is 0.191 e. The van der Waals surface area contributed by atoms with E-state index in [4.69, 9.17) is 16.3 Å². The molecule has 2 aromatic carbocycles. The molecule has 1 aromatic heterocycles. The third-order valence-electron chi connectivity index (χ3n) is 4.49. The van der Waals surface area contributed by atoms with E-state index in [1.54, 1.807) is 23.9 Å². The Hall–Kier alpha value is -1.89. The minimum atomic E-state index is -0.264. The van der Waals surface area contributed by atoms with E-state index in [1.165, 1.54) is 12.1 Å². The summed E-state index contributed by atoms with van der Waals surface area (Å²) in [7, 11) is 0. The summed E-state index contributed by atoms with van der Waals surface area (Å²) in [6.07, 6.45) is 2.26. The summed E-state index contributed by atoms with van der Waals surface area (Å²) in [6.45, 7) is 1.49. The maximum Gasteiger partial charge on any atom is 0.191 e.